The van der Waals surface area contributed by atoms with Crippen molar-refractivity contribution in [2.24, 2.45) is 35.5 Å². The fourth-order valence-electron chi connectivity index (χ4n) is 5.15. The fourth-order valence-corrected chi connectivity index (χ4v) is 5.15. The predicted octanol–water partition coefficient (Wildman–Crippen LogP) is 2.86. The second-order valence-electron chi connectivity index (χ2n) is 7.46. The molecule has 0 N–H and O–H groups in total. The number of anilines is 1. The van der Waals surface area contributed by atoms with Crippen molar-refractivity contribution in [3.05, 3.63) is 41.5 Å². The van der Waals surface area contributed by atoms with E-state index in [9.17, 15) is 9.59 Å². The number of carbonyl (C=O) groups excluding carboxylic acids is 2. The Bertz CT molecular complexity index is 714. The van der Waals surface area contributed by atoms with Gasteiger partial charge < -0.3 is 0 Å². The normalized spacial score (nSPS) is 40.9. The summed E-state index contributed by atoms with van der Waals surface area (Å²) in [6.45, 7) is 3.98. The predicted molar refractivity (Wildman–Crippen MR) is 83.1 cm³/mol. The second-order valence-corrected chi connectivity index (χ2v) is 7.46. The maximum atomic E-state index is 13.0. The van der Waals surface area contributed by atoms with Crippen molar-refractivity contribution < 1.29 is 9.59 Å². The molecule has 1 aromatic rings. The third-order valence-electron chi connectivity index (χ3n) is 6.27. The first-order valence-electron chi connectivity index (χ1n) is 8.21. The van der Waals surface area contributed by atoms with Gasteiger partial charge in [0.2, 0.25) is 11.8 Å². The molecule has 3 fully saturated rings. The van der Waals surface area contributed by atoms with Gasteiger partial charge in [-0.2, -0.15) is 0 Å². The van der Waals surface area contributed by atoms with E-state index >= 15 is 0 Å². The first-order chi connectivity index (χ1) is 10.6. The van der Waals surface area contributed by atoms with Gasteiger partial charge in [0.15, 0.2) is 0 Å². The average molecular weight is 293 g/mol. The third kappa shape index (κ3) is 1.37. The summed E-state index contributed by atoms with van der Waals surface area (Å²) < 4.78 is 0. The summed E-state index contributed by atoms with van der Waals surface area (Å²) in [5, 5.41) is 0. The van der Waals surface area contributed by atoms with E-state index in [-0.39, 0.29) is 23.7 Å². The number of hydrogen-bond donors (Lipinski definition) is 0. The molecule has 3 heteroatoms. The molecule has 6 rings (SSSR count). The van der Waals surface area contributed by atoms with E-state index in [4.69, 9.17) is 0 Å². The van der Waals surface area contributed by atoms with Crippen LogP contribution in [0.3, 0.4) is 0 Å². The summed E-state index contributed by atoms with van der Waals surface area (Å²) in [5.74, 6) is 1.77. The molecule has 0 aromatic heterocycles. The van der Waals surface area contributed by atoms with Crippen LogP contribution in [0.1, 0.15) is 17.5 Å². The van der Waals surface area contributed by atoms with Crippen LogP contribution in [0, 0.1) is 49.4 Å². The lowest BCUT2D eigenvalue weighted by atomic mass is 9.63. The monoisotopic (exact) mass is 293 g/mol. The van der Waals surface area contributed by atoms with E-state index in [0.29, 0.717) is 23.7 Å². The molecule has 2 bridgehead atoms. The van der Waals surface area contributed by atoms with Crippen molar-refractivity contribution in [3.63, 3.8) is 0 Å². The Kier molecular flexibility index (Phi) is 2.23. The lowest BCUT2D eigenvalue weighted by Crippen LogP contribution is -2.40. The van der Waals surface area contributed by atoms with Crippen LogP contribution in [-0.2, 0) is 9.59 Å². The lowest BCUT2D eigenvalue weighted by Gasteiger charge is -2.37. The minimum Gasteiger partial charge on any atom is -0.274 e. The standard InChI is InChI=1S/C19H19NO2/c1-9-3-4-10(2)15(7-9)20-18(21)16-11-5-6-12(14-8-13(11)14)17(16)19(20)22/h3-7,11-14,16-17H,8H2,1-2H3/t11-,12-,13-,14+,16-,17+/m0/s1. The van der Waals surface area contributed by atoms with Crippen LogP contribution in [0.4, 0.5) is 5.69 Å². The number of amides is 2. The Morgan fingerprint density at radius 1 is 0.955 bits per heavy atom. The number of allylic oxidation sites excluding steroid dienone is 2. The van der Waals surface area contributed by atoms with Crippen molar-refractivity contribution in [1.29, 1.82) is 0 Å². The molecule has 3 nitrogen and oxygen atoms in total. The zero-order chi connectivity index (χ0) is 15.2. The minimum absolute atomic E-state index is 0.0356. The Morgan fingerprint density at radius 3 is 2.14 bits per heavy atom. The average Bonchev–Trinajstić information content (AvgIpc) is 3.28. The summed E-state index contributed by atoms with van der Waals surface area (Å²) in [5.41, 5.74) is 2.87. The molecular formula is C19H19NO2. The molecule has 22 heavy (non-hydrogen) atoms. The molecule has 2 saturated carbocycles. The number of carbonyl (C=O) groups is 2. The van der Waals surface area contributed by atoms with Crippen LogP contribution in [0.15, 0.2) is 30.4 Å². The van der Waals surface area contributed by atoms with Crippen molar-refractivity contribution >= 4 is 17.5 Å². The highest BCUT2D eigenvalue weighted by molar-refractivity contribution is 6.23. The van der Waals surface area contributed by atoms with Gasteiger partial charge in [0, 0.05) is 0 Å². The van der Waals surface area contributed by atoms with Gasteiger partial charge in [0.1, 0.15) is 0 Å². The Balaban J connectivity index is 1.62. The maximum absolute atomic E-state index is 13.0. The summed E-state index contributed by atoms with van der Waals surface area (Å²) >= 11 is 0. The van der Waals surface area contributed by atoms with E-state index in [1.54, 1.807) is 0 Å². The summed E-state index contributed by atoms with van der Waals surface area (Å²) in [7, 11) is 0. The number of hydrogen-bond acceptors (Lipinski definition) is 2. The van der Waals surface area contributed by atoms with Crippen LogP contribution >= 0.6 is 0 Å². The topological polar surface area (TPSA) is 37.4 Å². The summed E-state index contributed by atoms with van der Waals surface area (Å²) in [6, 6.07) is 5.99. The van der Waals surface area contributed by atoms with Crippen LogP contribution < -0.4 is 4.90 Å². The van der Waals surface area contributed by atoms with Gasteiger partial charge >= 0.3 is 0 Å². The first-order valence-corrected chi connectivity index (χ1v) is 8.21. The van der Waals surface area contributed by atoms with Gasteiger partial charge in [0.25, 0.3) is 0 Å². The van der Waals surface area contributed by atoms with Gasteiger partial charge in [-0.15, -0.1) is 0 Å². The Morgan fingerprint density at radius 2 is 1.55 bits per heavy atom. The number of benzene rings is 1. The van der Waals surface area contributed by atoms with E-state index in [1.165, 1.54) is 11.3 Å². The zero-order valence-electron chi connectivity index (χ0n) is 12.8. The highest BCUT2D eigenvalue weighted by Gasteiger charge is 2.67. The van der Waals surface area contributed by atoms with E-state index in [2.05, 4.69) is 12.2 Å². The van der Waals surface area contributed by atoms with Crippen LogP contribution in [0.5, 0.6) is 0 Å². The molecule has 0 spiro atoms. The summed E-state index contributed by atoms with van der Waals surface area (Å²) in [4.78, 5) is 27.6. The molecule has 0 unspecified atom stereocenters. The number of aryl methyl sites for hydroxylation is 2. The molecule has 0 radical (unpaired) electrons. The van der Waals surface area contributed by atoms with Crippen molar-refractivity contribution in [2.45, 2.75) is 20.3 Å². The largest absolute Gasteiger partial charge is 0.274 e. The zero-order valence-corrected chi connectivity index (χ0v) is 12.8. The summed E-state index contributed by atoms with van der Waals surface area (Å²) in [6.07, 6.45) is 5.65. The Hall–Kier alpha value is -1.90. The first kappa shape index (κ1) is 12.6. The van der Waals surface area contributed by atoms with E-state index in [0.717, 1.165) is 16.8 Å². The smallest absolute Gasteiger partial charge is 0.238 e. The fraction of sp³-hybridized carbons (Fsp3) is 0.474. The van der Waals surface area contributed by atoms with Gasteiger partial charge in [-0.1, -0.05) is 24.3 Å². The van der Waals surface area contributed by atoms with Gasteiger partial charge in [0.05, 0.1) is 17.5 Å². The molecule has 1 aromatic carbocycles. The number of nitrogens with zero attached hydrogens (tertiary/aromatic N) is 1. The molecule has 112 valence electrons. The number of imide groups is 1. The van der Waals surface area contributed by atoms with Gasteiger partial charge in [-0.3, -0.25) is 9.59 Å². The van der Waals surface area contributed by atoms with Gasteiger partial charge in [-0.05, 0) is 61.1 Å². The third-order valence-corrected chi connectivity index (χ3v) is 6.27. The maximum Gasteiger partial charge on any atom is 0.238 e. The molecule has 5 aliphatic rings. The lowest BCUT2D eigenvalue weighted by molar-refractivity contribution is -0.124. The SMILES string of the molecule is Cc1ccc(C)c(N2C(=O)[C@@H]3[C@H]4C=C[C@@H]([C@@H]5C[C@H]45)[C@@H]3C2=O)c1. The quantitative estimate of drug-likeness (QED) is 0.590. The molecule has 6 atom stereocenters. The molecule has 1 saturated heterocycles. The highest BCUT2D eigenvalue weighted by atomic mass is 16.2. The Labute approximate surface area is 130 Å². The van der Waals surface area contributed by atoms with Gasteiger partial charge in [-0.25, -0.2) is 4.90 Å². The molecule has 4 aliphatic carbocycles. The van der Waals surface area contributed by atoms with E-state index < -0.39 is 0 Å². The van der Waals surface area contributed by atoms with Crippen LogP contribution in [0.25, 0.3) is 0 Å². The molecule has 1 aliphatic heterocycles. The highest BCUT2D eigenvalue weighted by Crippen LogP contribution is 2.65. The second kappa shape index (κ2) is 3.89. The van der Waals surface area contributed by atoms with E-state index in [1.807, 2.05) is 32.0 Å². The number of rotatable bonds is 1. The molecule has 2 amide bonds. The molecular weight excluding hydrogens is 274 g/mol. The van der Waals surface area contributed by atoms with Crippen molar-refractivity contribution in [2.75, 3.05) is 4.90 Å². The van der Waals surface area contributed by atoms with Crippen LogP contribution in [0.2, 0.25) is 0 Å². The minimum atomic E-state index is -0.105. The molecule has 1 heterocycles. The van der Waals surface area contributed by atoms with Crippen molar-refractivity contribution in [1.82, 2.24) is 0 Å². The van der Waals surface area contributed by atoms with Crippen LogP contribution in [-0.4, -0.2) is 11.8 Å². The van der Waals surface area contributed by atoms with Crippen molar-refractivity contribution in [3.8, 4) is 0 Å².